The fraction of sp³-hybridized carbons (Fsp3) is 0.300. The van der Waals surface area contributed by atoms with Crippen molar-refractivity contribution in [3.8, 4) is 0 Å². The van der Waals surface area contributed by atoms with Crippen LogP contribution in [0.15, 0.2) is 24.3 Å². The van der Waals surface area contributed by atoms with Gasteiger partial charge in [0.15, 0.2) is 0 Å². The molecule has 1 heteroatoms. The Hall–Kier alpha value is 0.324. The van der Waals surface area contributed by atoms with E-state index in [1.807, 2.05) is 38.1 Å². The molecule has 0 aliphatic heterocycles. The quantitative estimate of drug-likeness (QED) is 0.642. The van der Waals surface area contributed by atoms with Gasteiger partial charge in [0.1, 0.15) is 0 Å². The Labute approximate surface area is 95.3 Å². The maximum Gasteiger partial charge on any atom is 0 e. The summed E-state index contributed by atoms with van der Waals surface area (Å²) in [5.74, 6) is 0. The van der Waals surface area contributed by atoms with Gasteiger partial charge in [-0.3, -0.25) is 0 Å². The normalized spacial score (nSPS) is 7.18. The molecule has 0 saturated carbocycles. The third-order valence-corrected chi connectivity index (χ3v) is 1.04. The number of rotatable bonds is 1. The molecule has 1 rings (SSSR count). The zero-order valence-electron chi connectivity index (χ0n) is 7.30. The Bertz CT molecular complexity index is 146. The molecular weight excluding hydrogens is 209 g/mol. The largest absolute Gasteiger partial charge is 0.341 e. The minimum Gasteiger partial charge on any atom is -0.341 e. The van der Waals surface area contributed by atoms with Crippen molar-refractivity contribution in [3.05, 3.63) is 42.8 Å². The van der Waals surface area contributed by atoms with Crippen LogP contribution in [0.3, 0.4) is 0 Å². The SMILES string of the molecule is CC.[CH2-]Cc1[c-]cccc1.[Y]. The van der Waals surface area contributed by atoms with E-state index < -0.39 is 0 Å². The van der Waals surface area contributed by atoms with Gasteiger partial charge in [0.25, 0.3) is 0 Å². The monoisotopic (exact) mass is 223 g/mol. The smallest absolute Gasteiger partial charge is 0 e. The molecule has 1 aromatic rings. The van der Waals surface area contributed by atoms with Crippen LogP contribution in [-0.4, -0.2) is 0 Å². The van der Waals surface area contributed by atoms with Gasteiger partial charge < -0.3 is 6.92 Å². The van der Waals surface area contributed by atoms with Crippen molar-refractivity contribution in [3.63, 3.8) is 0 Å². The Morgan fingerprint density at radius 1 is 1.36 bits per heavy atom. The second-order valence-electron chi connectivity index (χ2n) is 1.64. The van der Waals surface area contributed by atoms with Gasteiger partial charge in [-0.2, -0.15) is 42.3 Å². The van der Waals surface area contributed by atoms with E-state index in [4.69, 9.17) is 0 Å². The van der Waals surface area contributed by atoms with Gasteiger partial charge in [-0.1, -0.05) is 13.8 Å². The molecule has 0 unspecified atom stereocenters. The summed E-state index contributed by atoms with van der Waals surface area (Å²) in [7, 11) is 0. The first-order valence-electron chi connectivity index (χ1n) is 3.68. The van der Waals surface area contributed by atoms with E-state index in [2.05, 4.69) is 13.0 Å². The van der Waals surface area contributed by atoms with E-state index >= 15 is 0 Å². The second-order valence-corrected chi connectivity index (χ2v) is 1.64. The van der Waals surface area contributed by atoms with Crippen molar-refractivity contribution in [2.45, 2.75) is 20.3 Å². The molecule has 0 N–H and O–H groups in total. The Balaban J connectivity index is 0. The second kappa shape index (κ2) is 10.3. The maximum absolute atomic E-state index is 3.72. The molecule has 0 bridgehead atoms. The summed E-state index contributed by atoms with van der Waals surface area (Å²) in [5.41, 5.74) is 1.17. The van der Waals surface area contributed by atoms with Gasteiger partial charge in [0.05, 0.1) is 0 Å². The van der Waals surface area contributed by atoms with Crippen LogP contribution in [0, 0.1) is 13.0 Å². The van der Waals surface area contributed by atoms with Crippen LogP contribution >= 0.6 is 0 Å². The van der Waals surface area contributed by atoms with Crippen molar-refractivity contribution in [1.82, 2.24) is 0 Å². The number of hydrogen-bond acceptors (Lipinski definition) is 0. The van der Waals surface area contributed by atoms with Crippen LogP contribution in [0.4, 0.5) is 0 Å². The standard InChI is InChI=1S/C8H8.C2H6.Y/c1-2-8-6-4-3-5-7-8;1-2;/h3-6H,1-2H2;1-2H3;/q-2;;. The van der Waals surface area contributed by atoms with Crippen molar-refractivity contribution >= 4 is 0 Å². The molecular formula is C10H14Y-2. The van der Waals surface area contributed by atoms with Gasteiger partial charge in [0.2, 0.25) is 0 Å². The first-order chi connectivity index (χ1) is 4.93. The summed E-state index contributed by atoms with van der Waals surface area (Å²) >= 11 is 0. The average molecular weight is 223 g/mol. The zero-order chi connectivity index (χ0) is 7.82. The van der Waals surface area contributed by atoms with E-state index in [0.717, 1.165) is 6.42 Å². The number of hydrogen-bond donors (Lipinski definition) is 0. The molecule has 0 heterocycles. The maximum atomic E-state index is 3.72. The molecule has 1 radical (unpaired) electrons. The molecule has 0 aromatic heterocycles. The third-order valence-electron chi connectivity index (χ3n) is 1.04. The Morgan fingerprint density at radius 2 is 2.00 bits per heavy atom. The van der Waals surface area contributed by atoms with Crippen LogP contribution in [0.25, 0.3) is 0 Å². The number of benzene rings is 1. The summed E-state index contributed by atoms with van der Waals surface area (Å²) in [6.07, 6.45) is 0.834. The van der Waals surface area contributed by atoms with E-state index in [1.54, 1.807) is 0 Å². The predicted molar refractivity (Wildman–Crippen MR) is 45.7 cm³/mol. The van der Waals surface area contributed by atoms with Gasteiger partial charge in [0, 0.05) is 32.7 Å². The summed E-state index contributed by atoms with van der Waals surface area (Å²) < 4.78 is 0. The summed E-state index contributed by atoms with van der Waals surface area (Å²) in [6.45, 7) is 7.72. The first-order valence-corrected chi connectivity index (χ1v) is 3.68. The van der Waals surface area contributed by atoms with Gasteiger partial charge >= 0.3 is 0 Å². The fourth-order valence-electron chi connectivity index (χ4n) is 0.586. The molecule has 1 aromatic carbocycles. The van der Waals surface area contributed by atoms with Crippen LogP contribution < -0.4 is 0 Å². The van der Waals surface area contributed by atoms with Crippen molar-refractivity contribution in [2.24, 2.45) is 0 Å². The Morgan fingerprint density at radius 3 is 2.27 bits per heavy atom. The van der Waals surface area contributed by atoms with Crippen LogP contribution in [0.1, 0.15) is 19.4 Å². The van der Waals surface area contributed by atoms with Crippen LogP contribution in [0.2, 0.25) is 0 Å². The molecule has 59 valence electrons. The molecule has 0 nitrogen and oxygen atoms in total. The minimum atomic E-state index is 0. The van der Waals surface area contributed by atoms with E-state index in [1.165, 1.54) is 5.56 Å². The zero-order valence-corrected chi connectivity index (χ0v) is 10.1. The minimum absolute atomic E-state index is 0. The van der Waals surface area contributed by atoms with Gasteiger partial charge in [-0.05, 0) is 0 Å². The summed E-state index contributed by atoms with van der Waals surface area (Å²) in [4.78, 5) is 0. The average Bonchev–Trinajstić information content (AvgIpc) is 2.10. The topological polar surface area (TPSA) is 0 Å². The van der Waals surface area contributed by atoms with Crippen LogP contribution in [-0.2, 0) is 39.1 Å². The van der Waals surface area contributed by atoms with E-state index in [9.17, 15) is 0 Å². The molecule has 11 heavy (non-hydrogen) atoms. The predicted octanol–water partition coefficient (Wildman–Crippen LogP) is 2.89. The first kappa shape index (κ1) is 13.9. The van der Waals surface area contributed by atoms with Gasteiger partial charge in [-0.15, -0.1) is 0 Å². The molecule has 0 fully saturated rings. The molecule has 0 amide bonds. The molecule has 0 atom stereocenters. The summed E-state index contributed by atoms with van der Waals surface area (Å²) in [5, 5.41) is 0. The summed E-state index contributed by atoms with van der Waals surface area (Å²) in [6, 6.07) is 10.9. The van der Waals surface area contributed by atoms with Crippen molar-refractivity contribution in [2.75, 3.05) is 0 Å². The van der Waals surface area contributed by atoms with Gasteiger partial charge in [-0.25, -0.2) is 0 Å². The van der Waals surface area contributed by atoms with E-state index in [-0.39, 0.29) is 32.7 Å². The van der Waals surface area contributed by atoms with Crippen LogP contribution in [0.5, 0.6) is 0 Å². The fourth-order valence-corrected chi connectivity index (χ4v) is 0.586. The molecule has 0 aliphatic carbocycles. The van der Waals surface area contributed by atoms with Crippen molar-refractivity contribution < 1.29 is 32.7 Å². The molecule has 0 aliphatic rings. The molecule has 0 spiro atoms. The Kier molecular flexibility index (Phi) is 13.0. The van der Waals surface area contributed by atoms with E-state index in [0.29, 0.717) is 0 Å². The molecule has 0 saturated heterocycles. The third kappa shape index (κ3) is 6.71. The van der Waals surface area contributed by atoms with Crippen molar-refractivity contribution in [1.29, 1.82) is 0 Å².